The smallest absolute Gasteiger partial charge is 0.238 e. The molecular formula is C21H24ClNO. The Bertz CT molecular complexity index is 658. The van der Waals surface area contributed by atoms with Crippen LogP contribution in [0, 0.1) is 5.92 Å². The summed E-state index contributed by atoms with van der Waals surface area (Å²) in [5.74, 6) is 0.528. The molecule has 1 amide bonds. The average molecular weight is 342 g/mol. The van der Waals surface area contributed by atoms with E-state index in [0.29, 0.717) is 5.92 Å². The van der Waals surface area contributed by atoms with E-state index in [2.05, 4.69) is 48.2 Å². The molecule has 0 N–H and O–H groups in total. The Balaban J connectivity index is 2.05. The second-order valence-corrected chi connectivity index (χ2v) is 6.73. The van der Waals surface area contributed by atoms with E-state index in [4.69, 9.17) is 11.6 Å². The molecule has 2 aromatic carbocycles. The summed E-state index contributed by atoms with van der Waals surface area (Å²) in [4.78, 5) is 14.8. The first-order valence-electron chi connectivity index (χ1n) is 8.73. The third kappa shape index (κ3) is 3.34. The van der Waals surface area contributed by atoms with Crippen LogP contribution < -0.4 is 0 Å². The summed E-state index contributed by atoms with van der Waals surface area (Å²) in [5, 5.41) is 0. The highest BCUT2D eigenvalue weighted by atomic mass is 35.5. The Kier molecular flexibility index (Phi) is 5.57. The number of hydrogen-bond donors (Lipinski definition) is 0. The number of carbonyl (C=O) groups excluding carboxylic acids is 1. The molecule has 24 heavy (non-hydrogen) atoms. The molecule has 0 aromatic heterocycles. The fourth-order valence-corrected chi connectivity index (χ4v) is 4.14. The van der Waals surface area contributed by atoms with Crippen LogP contribution in [-0.2, 0) is 4.79 Å². The Morgan fingerprint density at radius 1 is 1.00 bits per heavy atom. The predicted octanol–water partition coefficient (Wildman–Crippen LogP) is 5.36. The van der Waals surface area contributed by atoms with E-state index in [0.717, 1.165) is 19.3 Å². The zero-order valence-corrected chi connectivity index (χ0v) is 14.8. The Morgan fingerprint density at radius 2 is 1.58 bits per heavy atom. The van der Waals surface area contributed by atoms with Gasteiger partial charge in [-0.1, -0.05) is 74.0 Å². The van der Waals surface area contributed by atoms with Crippen molar-refractivity contribution in [2.24, 2.45) is 5.92 Å². The van der Waals surface area contributed by atoms with Gasteiger partial charge in [0, 0.05) is 0 Å². The molecule has 2 aromatic rings. The molecular weight excluding hydrogens is 318 g/mol. The van der Waals surface area contributed by atoms with Crippen LogP contribution in [0.1, 0.15) is 49.4 Å². The fraction of sp³-hybridized carbons (Fsp3) is 0.381. The van der Waals surface area contributed by atoms with Crippen molar-refractivity contribution in [3.63, 3.8) is 0 Å². The summed E-state index contributed by atoms with van der Waals surface area (Å²) in [6.07, 6.45) is 3.18. The van der Waals surface area contributed by atoms with Crippen LogP contribution in [-0.4, -0.2) is 16.7 Å². The average Bonchev–Trinajstić information content (AvgIpc) is 2.67. The minimum Gasteiger partial charge on any atom is -0.327 e. The van der Waals surface area contributed by atoms with E-state index in [-0.39, 0.29) is 23.9 Å². The van der Waals surface area contributed by atoms with Gasteiger partial charge in [0.2, 0.25) is 5.91 Å². The van der Waals surface area contributed by atoms with E-state index >= 15 is 0 Å². The van der Waals surface area contributed by atoms with Crippen molar-refractivity contribution in [1.29, 1.82) is 0 Å². The van der Waals surface area contributed by atoms with Gasteiger partial charge in [0.1, 0.15) is 5.88 Å². The van der Waals surface area contributed by atoms with Crippen molar-refractivity contribution in [2.75, 3.05) is 5.88 Å². The van der Waals surface area contributed by atoms with Crippen molar-refractivity contribution < 1.29 is 4.79 Å². The quantitative estimate of drug-likeness (QED) is 0.686. The summed E-state index contributed by atoms with van der Waals surface area (Å²) in [5.41, 5.74) is 2.41. The maximum atomic E-state index is 12.8. The molecule has 1 fully saturated rings. The molecule has 3 atom stereocenters. The predicted molar refractivity (Wildman–Crippen MR) is 98.9 cm³/mol. The first-order valence-corrected chi connectivity index (χ1v) is 9.26. The molecule has 0 saturated carbocycles. The zero-order chi connectivity index (χ0) is 16.9. The number of rotatable bonds is 4. The van der Waals surface area contributed by atoms with Gasteiger partial charge in [-0.05, 0) is 29.9 Å². The Morgan fingerprint density at radius 3 is 2.12 bits per heavy atom. The molecule has 1 saturated heterocycles. The second-order valence-electron chi connectivity index (χ2n) is 6.46. The lowest BCUT2D eigenvalue weighted by Crippen LogP contribution is -2.45. The van der Waals surface area contributed by atoms with E-state index in [1.54, 1.807) is 0 Å². The number of amides is 1. The molecule has 0 aliphatic carbocycles. The molecule has 1 heterocycles. The molecule has 0 spiro atoms. The van der Waals surface area contributed by atoms with Gasteiger partial charge in [-0.15, -0.1) is 11.6 Å². The number of likely N-dealkylation sites (tertiary alicyclic amines) is 1. The second kappa shape index (κ2) is 7.85. The molecule has 3 rings (SSSR count). The van der Waals surface area contributed by atoms with Crippen LogP contribution in [0.3, 0.4) is 0 Å². The third-order valence-electron chi connectivity index (χ3n) is 5.15. The van der Waals surface area contributed by atoms with Crippen LogP contribution in [0.4, 0.5) is 0 Å². The van der Waals surface area contributed by atoms with Gasteiger partial charge < -0.3 is 4.90 Å². The highest BCUT2D eigenvalue weighted by Crippen LogP contribution is 2.46. The van der Waals surface area contributed by atoms with E-state index in [1.807, 2.05) is 24.3 Å². The SMILES string of the molecule is CC[C@@H]1CC[C@@H](c2ccccc2)N(C(=O)CCl)[C@H]1c1ccccc1. The molecule has 0 bridgehead atoms. The first kappa shape index (κ1) is 17.0. The number of halogens is 1. The van der Waals surface area contributed by atoms with Gasteiger partial charge in [-0.2, -0.15) is 0 Å². The van der Waals surface area contributed by atoms with E-state index in [9.17, 15) is 4.79 Å². The normalized spacial score (nSPS) is 23.9. The standard InChI is InChI=1S/C21H24ClNO/c1-2-16-13-14-19(17-9-5-3-6-10-17)23(20(24)15-22)21(16)18-11-7-4-8-12-18/h3-12,16,19,21H,2,13-15H2,1H3/t16-,19+,21-/m1/s1. The third-order valence-corrected chi connectivity index (χ3v) is 5.37. The van der Waals surface area contributed by atoms with E-state index in [1.165, 1.54) is 11.1 Å². The number of hydrogen-bond acceptors (Lipinski definition) is 1. The lowest BCUT2D eigenvalue weighted by molar-refractivity contribution is -0.138. The number of benzene rings is 2. The van der Waals surface area contributed by atoms with Gasteiger partial charge in [-0.3, -0.25) is 4.79 Å². The summed E-state index contributed by atoms with van der Waals surface area (Å²) in [6.45, 7) is 2.22. The number of carbonyl (C=O) groups is 1. The minimum absolute atomic E-state index is 0.0255. The number of piperidine rings is 1. The number of alkyl halides is 1. The topological polar surface area (TPSA) is 20.3 Å². The van der Waals surface area contributed by atoms with Crippen LogP contribution in [0.5, 0.6) is 0 Å². The van der Waals surface area contributed by atoms with Gasteiger partial charge in [0.05, 0.1) is 12.1 Å². The van der Waals surface area contributed by atoms with Crippen molar-refractivity contribution in [3.8, 4) is 0 Å². The summed E-state index contributed by atoms with van der Waals surface area (Å²) in [6, 6.07) is 20.9. The number of nitrogens with zero attached hydrogens (tertiary/aromatic N) is 1. The molecule has 0 radical (unpaired) electrons. The Labute approximate surface area is 149 Å². The van der Waals surface area contributed by atoms with Gasteiger partial charge in [0.15, 0.2) is 0 Å². The first-order chi connectivity index (χ1) is 11.8. The summed E-state index contributed by atoms with van der Waals surface area (Å²) in [7, 11) is 0. The van der Waals surface area contributed by atoms with Crippen molar-refractivity contribution in [2.45, 2.75) is 38.3 Å². The molecule has 126 valence electrons. The van der Waals surface area contributed by atoms with Crippen LogP contribution in [0.15, 0.2) is 60.7 Å². The lowest BCUT2D eigenvalue weighted by Gasteiger charge is -2.47. The van der Waals surface area contributed by atoms with Gasteiger partial charge in [-0.25, -0.2) is 0 Å². The fourth-order valence-electron chi connectivity index (χ4n) is 4.00. The van der Waals surface area contributed by atoms with Crippen molar-refractivity contribution >= 4 is 17.5 Å². The molecule has 0 unspecified atom stereocenters. The molecule has 1 aliphatic rings. The summed E-state index contributed by atoms with van der Waals surface area (Å²) < 4.78 is 0. The van der Waals surface area contributed by atoms with Crippen molar-refractivity contribution in [1.82, 2.24) is 4.90 Å². The van der Waals surface area contributed by atoms with Gasteiger partial charge >= 0.3 is 0 Å². The largest absolute Gasteiger partial charge is 0.327 e. The van der Waals surface area contributed by atoms with Crippen LogP contribution in [0.2, 0.25) is 0 Å². The van der Waals surface area contributed by atoms with E-state index < -0.39 is 0 Å². The molecule has 1 aliphatic heterocycles. The molecule has 2 nitrogen and oxygen atoms in total. The minimum atomic E-state index is 0.0255. The van der Waals surface area contributed by atoms with Crippen molar-refractivity contribution in [3.05, 3.63) is 71.8 Å². The maximum absolute atomic E-state index is 12.8. The highest BCUT2D eigenvalue weighted by molar-refractivity contribution is 6.27. The Hall–Kier alpha value is -1.80. The lowest BCUT2D eigenvalue weighted by atomic mass is 9.78. The molecule has 3 heteroatoms. The van der Waals surface area contributed by atoms with Crippen LogP contribution >= 0.6 is 11.6 Å². The monoisotopic (exact) mass is 341 g/mol. The van der Waals surface area contributed by atoms with Gasteiger partial charge in [0.25, 0.3) is 0 Å². The highest BCUT2D eigenvalue weighted by Gasteiger charge is 2.40. The maximum Gasteiger partial charge on any atom is 0.238 e. The summed E-state index contributed by atoms with van der Waals surface area (Å²) >= 11 is 5.99. The van der Waals surface area contributed by atoms with Crippen LogP contribution in [0.25, 0.3) is 0 Å². The zero-order valence-electron chi connectivity index (χ0n) is 14.1.